The van der Waals surface area contributed by atoms with E-state index in [0.29, 0.717) is 23.9 Å². The molecule has 174 valence electrons. The van der Waals surface area contributed by atoms with Gasteiger partial charge in [0, 0.05) is 26.2 Å². The highest BCUT2D eigenvalue weighted by atomic mass is 35.5. The molecule has 0 saturated carbocycles. The van der Waals surface area contributed by atoms with Crippen LogP contribution in [0.15, 0.2) is 67.0 Å². The number of fused-ring (bicyclic) bond motifs is 1. The molecule has 1 aliphatic rings. The average molecular weight is 475 g/mol. The largest absolute Gasteiger partial charge is 0.367 e. The predicted molar refractivity (Wildman–Crippen MR) is 136 cm³/mol. The molecule has 1 N–H and O–H groups in total. The first kappa shape index (κ1) is 22.2. The van der Waals surface area contributed by atoms with Crippen LogP contribution >= 0.6 is 11.6 Å². The quantitative estimate of drug-likeness (QED) is 0.453. The van der Waals surface area contributed by atoms with Crippen molar-refractivity contribution in [1.29, 1.82) is 0 Å². The maximum Gasteiger partial charge on any atom is 0.317 e. The van der Waals surface area contributed by atoms with E-state index in [-0.39, 0.29) is 12.1 Å². The van der Waals surface area contributed by atoms with Gasteiger partial charge in [-0.15, -0.1) is 0 Å². The monoisotopic (exact) mass is 474 g/mol. The van der Waals surface area contributed by atoms with Gasteiger partial charge in [0.15, 0.2) is 0 Å². The summed E-state index contributed by atoms with van der Waals surface area (Å²) in [7, 11) is 0. The number of aryl methyl sites for hydroxylation is 1. The van der Waals surface area contributed by atoms with Gasteiger partial charge in [-0.3, -0.25) is 0 Å². The summed E-state index contributed by atoms with van der Waals surface area (Å²) < 4.78 is 1.71. The van der Waals surface area contributed by atoms with Gasteiger partial charge in [0.25, 0.3) is 0 Å². The fourth-order valence-electron chi connectivity index (χ4n) is 4.50. The SMILES string of the molecule is Cc1ncn(-c2ccc(N3CCN(C(=O)N[C@@H](C)c4cccc5ccccc45)CC3)c(Cl)c2)n1. The van der Waals surface area contributed by atoms with Crippen LogP contribution in [0.1, 0.15) is 24.4 Å². The Bertz CT molecular complexity index is 1320. The van der Waals surface area contributed by atoms with Gasteiger partial charge in [-0.25, -0.2) is 14.5 Å². The second kappa shape index (κ2) is 9.35. The van der Waals surface area contributed by atoms with Crippen LogP contribution in [0.3, 0.4) is 0 Å². The van der Waals surface area contributed by atoms with Crippen molar-refractivity contribution < 1.29 is 4.79 Å². The molecule has 34 heavy (non-hydrogen) atoms. The van der Waals surface area contributed by atoms with Crippen LogP contribution in [0, 0.1) is 6.92 Å². The summed E-state index contributed by atoms with van der Waals surface area (Å²) in [6, 6.07) is 20.2. The van der Waals surface area contributed by atoms with Gasteiger partial charge in [-0.05, 0) is 48.4 Å². The number of hydrogen-bond acceptors (Lipinski definition) is 4. The van der Waals surface area contributed by atoms with Crippen LogP contribution in [0.25, 0.3) is 16.5 Å². The number of aromatic nitrogens is 3. The molecule has 2 amide bonds. The van der Waals surface area contributed by atoms with Gasteiger partial charge in [-0.1, -0.05) is 54.1 Å². The van der Waals surface area contributed by atoms with Gasteiger partial charge >= 0.3 is 6.03 Å². The van der Waals surface area contributed by atoms with Gasteiger partial charge in [0.05, 0.1) is 22.4 Å². The van der Waals surface area contributed by atoms with E-state index in [1.54, 1.807) is 11.0 Å². The standard InChI is InChI=1S/C26H27ClN6O/c1-18(22-9-5-7-20-6-3-4-8-23(20)22)29-26(34)32-14-12-31(13-15-32)25-11-10-21(16-24(25)27)33-17-28-19(2)30-33/h3-11,16-18H,12-15H2,1-2H3,(H,29,34)/t18-/m0/s1. The lowest BCUT2D eigenvalue weighted by Crippen LogP contribution is -2.52. The number of halogens is 1. The summed E-state index contributed by atoms with van der Waals surface area (Å²) in [5.74, 6) is 0.712. The number of carbonyl (C=O) groups is 1. The normalized spacial score (nSPS) is 14.9. The third kappa shape index (κ3) is 4.43. The number of rotatable bonds is 4. The number of amides is 2. The second-order valence-corrected chi connectivity index (χ2v) is 8.99. The minimum absolute atomic E-state index is 0.0388. The Balaban J connectivity index is 1.21. The van der Waals surface area contributed by atoms with Gasteiger partial charge in [0.2, 0.25) is 0 Å². The fourth-order valence-corrected chi connectivity index (χ4v) is 4.79. The highest BCUT2D eigenvalue weighted by molar-refractivity contribution is 6.33. The zero-order chi connectivity index (χ0) is 23.7. The number of hydrogen-bond donors (Lipinski definition) is 1. The Hall–Kier alpha value is -3.58. The van der Waals surface area contributed by atoms with Crippen molar-refractivity contribution in [2.45, 2.75) is 19.9 Å². The molecule has 8 heteroatoms. The molecule has 3 aromatic carbocycles. The van der Waals surface area contributed by atoms with Crippen molar-refractivity contribution in [2.24, 2.45) is 0 Å². The van der Waals surface area contributed by atoms with Crippen LogP contribution in [0.5, 0.6) is 0 Å². The molecule has 1 saturated heterocycles. The molecule has 0 unspecified atom stereocenters. The molecule has 4 aromatic rings. The Morgan fingerprint density at radius 2 is 1.79 bits per heavy atom. The van der Waals surface area contributed by atoms with Gasteiger partial charge in [-0.2, -0.15) is 5.10 Å². The summed E-state index contributed by atoms with van der Waals surface area (Å²) in [6.45, 7) is 6.59. The summed E-state index contributed by atoms with van der Waals surface area (Å²) in [5, 5.41) is 10.5. The Labute approximate surface area is 204 Å². The number of urea groups is 1. The molecule has 7 nitrogen and oxygen atoms in total. The summed E-state index contributed by atoms with van der Waals surface area (Å²) >= 11 is 6.61. The van der Waals surface area contributed by atoms with Crippen LogP contribution in [0.2, 0.25) is 5.02 Å². The van der Waals surface area contributed by atoms with Gasteiger partial charge in [0.1, 0.15) is 12.2 Å². The maximum absolute atomic E-state index is 13.0. The zero-order valence-corrected chi connectivity index (χ0v) is 20.0. The molecule has 0 bridgehead atoms. The summed E-state index contributed by atoms with van der Waals surface area (Å²) in [6.07, 6.45) is 1.68. The van der Waals surface area contributed by atoms with Crippen LogP contribution < -0.4 is 10.2 Å². The molecule has 0 spiro atoms. The van der Waals surface area contributed by atoms with Crippen molar-refractivity contribution in [3.8, 4) is 5.69 Å². The predicted octanol–water partition coefficient (Wildman–Crippen LogP) is 4.98. The van der Waals surface area contributed by atoms with Crippen molar-refractivity contribution in [3.05, 3.63) is 83.4 Å². The van der Waals surface area contributed by atoms with E-state index in [4.69, 9.17) is 11.6 Å². The molecule has 1 fully saturated rings. The topological polar surface area (TPSA) is 66.3 Å². The van der Waals surface area contributed by atoms with Gasteiger partial charge < -0.3 is 15.1 Å². The van der Waals surface area contributed by atoms with E-state index in [2.05, 4.69) is 44.6 Å². The van der Waals surface area contributed by atoms with E-state index in [9.17, 15) is 4.79 Å². The van der Waals surface area contributed by atoms with Crippen LogP contribution in [-0.4, -0.2) is 51.9 Å². The second-order valence-electron chi connectivity index (χ2n) is 8.59. The Kier molecular flexibility index (Phi) is 6.11. The molecular weight excluding hydrogens is 448 g/mol. The number of nitrogens with zero attached hydrogens (tertiary/aromatic N) is 5. The molecule has 5 rings (SSSR count). The van der Waals surface area contributed by atoms with E-state index in [1.165, 1.54) is 10.8 Å². The molecule has 1 atom stereocenters. The molecule has 2 heterocycles. The number of nitrogens with one attached hydrogen (secondary N) is 1. The maximum atomic E-state index is 13.0. The van der Waals surface area contributed by atoms with Crippen LogP contribution in [-0.2, 0) is 0 Å². The minimum atomic E-state index is -0.0842. The highest BCUT2D eigenvalue weighted by Gasteiger charge is 2.24. The first-order chi connectivity index (χ1) is 16.5. The fraction of sp³-hybridized carbons (Fsp3) is 0.269. The van der Waals surface area contributed by atoms with E-state index in [1.807, 2.05) is 55.1 Å². The Morgan fingerprint density at radius 1 is 1.03 bits per heavy atom. The number of benzene rings is 3. The third-order valence-electron chi connectivity index (χ3n) is 6.34. The third-order valence-corrected chi connectivity index (χ3v) is 6.64. The van der Waals surface area contributed by atoms with Crippen molar-refractivity contribution in [2.75, 3.05) is 31.1 Å². The average Bonchev–Trinajstić information content (AvgIpc) is 3.30. The summed E-state index contributed by atoms with van der Waals surface area (Å²) in [4.78, 5) is 21.2. The van der Waals surface area contributed by atoms with E-state index < -0.39 is 0 Å². The Morgan fingerprint density at radius 3 is 2.53 bits per heavy atom. The van der Waals surface area contributed by atoms with E-state index in [0.717, 1.165) is 30.0 Å². The first-order valence-electron chi connectivity index (χ1n) is 11.5. The zero-order valence-electron chi connectivity index (χ0n) is 19.3. The lowest BCUT2D eigenvalue weighted by Gasteiger charge is -2.37. The molecule has 0 aliphatic carbocycles. The number of anilines is 1. The molecule has 0 radical (unpaired) electrons. The lowest BCUT2D eigenvalue weighted by atomic mass is 10.00. The highest BCUT2D eigenvalue weighted by Crippen LogP contribution is 2.29. The molecule has 1 aromatic heterocycles. The van der Waals surface area contributed by atoms with Crippen molar-refractivity contribution in [3.63, 3.8) is 0 Å². The number of carbonyl (C=O) groups excluding carboxylic acids is 1. The lowest BCUT2D eigenvalue weighted by molar-refractivity contribution is 0.191. The van der Waals surface area contributed by atoms with Crippen LogP contribution in [0.4, 0.5) is 10.5 Å². The minimum Gasteiger partial charge on any atom is -0.367 e. The molecule has 1 aliphatic heterocycles. The van der Waals surface area contributed by atoms with Crippen molar-refractivity contribution >= 4 is 34.1 Å². The molecular formula is C26H27ClN6O. The first-order valence-corrected chi connectivity index (χ1v) is 11.8. The van der Waals surface area contributed by atoms with E-state index >= 15 is 0 Å². The number of piperazine rings is 1. The van der Waals surface area contributed by atoms with Crippen molar-refractivity contribution in [1.82, 2.24) is 25.0 Å². The smallest absolute Gasteiger partial charge is 0.317 e. The summed E-state index contributed by atoms with van der Waals surface area (Å²) in [5.41, 5.74) is 2.96.